The Morgan fingerprint density at radius 2 is 0.980 bits per heavy atom. The molecular weight excluding hydrogens is 1410 g/mol. The van der Waals surface area contributed by atoms with Gasteiger partial charge >= 0.3 is 0 Å². The number of nitrogens with two attached hydrogens (primary N) is 2. The SMILES string of the molecule is CC(=O)c1cccc(Cl)c1.CC1(c2cccc(Cl)c2)NC(=O)C2=CC=C(Cl)C(=O)C21.CC1(c2cccc(Cl)c2)NC(=O)c2ccc(Nc3ccncn3)c(=O)n21.CC1(c2cccc(Cl)c2)NC(=O)c2ccc(Nc3ccncn3)c(=O)n21.NC(=O)c1ccc(Cl)c(=O)[nH]1.Nc1ccncn1. The molecule has 4 aromatic carbocycles. The first-order valence-corrected chi connectivity index (χ1v) is 31.8. The number of hydrogen-bond donors (Lipinski definition) is 8. The first kappa shape index (κ1) is 73.1. The number of pyridine rings is 3. The van der Waals surface area contributed by atoms with Crippen LogP contribution in [0.15, 0.2) is 226 Å². The second kappa shape index (κ2) is 31.6. The molecule has 10 aromatic rings. The monoisotopic (exact) mass is 1460 g/mol. The minimum atomic E-state index is -1.04. The molecule has 4 aliphatic rings. The minimum absolute atomic E-state index is 0.0370. The average molecular weight is 1470 g/mol. The molecule has 508 valence electrons. The van der Waals surface area contributed by atoms with Crippen LogP contribution in [0.25, 0.3) is 0 Å². The maximum Gasteiger partial charge on any atom is 0.277 e. The van der Waals surface area contributed by atoms with Gasteiger partial charge < -0.3 is 43.0 Å². The van der Waals surface area contributed by atoms with E-state index < -0.39 is 34.2 Å². The van der Waals surface area contributed by atoms with Gasteiger partial charge in [-0.1, -0.05) is 124 Å². The molecule has 1 saturated heterocycles. The van der Waals surface area contributed by atoms with Crippen molar-refractivity contribution in [3.63, 3.8) is 0 Å². The van der Waals surface area contributed by atoms with Crippen molar-refractivity contribution in [1.82, 2.24) is 60.0 Å². The number of allylic oxidation sites excluding steroid dienone is 3. The number of rotatable bonds is 9. The lowest BCUT2D eigenvalue weighted by atomic mass is 9.75. The van der Waals surface area contributed by atoms with Crippen LogP contribution < -0.4 is 54.7 Å². The summed E-state index contributed by atoms with van der Waals surface area (Å²) in [5, 5.41) is 17.0. The number of nitrogens with zero attached hydrogens (tertiary/aromatic N) is 8. The van der Waals surface area contributed by atoms with E-state index >= 15 is 0 Å². The molecule has 0 radical (unpaired) electrons. The first-order chi connectivity index (χ1) is 47.6. The first-order valence-electron chi connectivity index (χ1n) is 29.5. The zero-order valence-corrected chi connectivity index (χ0v) is 57.3. The van der Waals surface area contributed by atoms with Gasteiger partial charge in [-0.2, -0.15) is 0 Å². The van der Waals surface area contributed by atoms with E-state index in [2.05, 4.69) is 61.5 Å². The number of benzene rings is 4. The van der Waals surface area contributed by atoms with Crippen LogP contribution in [-0.2, 0) is 26.5 Å². The molecule has 6 aromatic heterocycles. The van der Waals surface area contributed by atoms with Gasteiger partial charge in [0.25, 0.3) is 34.4 Å². The van der Waals surface area contributed by atoms with E-state index in [9.17, 15) is 43.2 Å². The summed E-state index contributed by atoms with van der Waals surface area (Å²) in [6.07, 6.45) is 12.0. The highest BCUT2D eigenvalue weighted by Gasteiger charge is 2.53. The molecule has 4 unspecified atom stereocenters. The largest absolute Gasteiger partial charge is 0.384 e. The third-order valence-electron chi connectivity index (χ3n) is 15.5. The van der Waals surface area contributed by atoms with Gasteiger partial charge in [0.05, 0.1) is 16.5 Å². The third-order valence-corrected chi connectivity index (χ3v) is 17.1. The number of primary amides is 1. The number of Topliss-reactive ketones (excluding diaryl/α,β-unsaturated/α-hetero) is 2. The van der Waals surface area contributed by atoms with Gasteiger partial charge in [-0.05, 0) is 154 Å². The maximum absolute atomic E-state index is 13.1. The number of carbonyl (C=O) groups excluding carboxylic acids is 6. The number of H-pyrrole nitrogens is 1. The highest BCUT2D eigenvalue weighted by molar-refractivity contribution is 6.44. The summed E-state index contributed by atoms with van der Waals surface area (Å²) in [5.74, 6) is -0.909. The molecule has 0 bridgehead atoms. The van der Waals surface area contributed by atoms with Crippen molar-refractivity contribution in [1.29, 1.82) is 0 Å². The van der Waals surface area contributed by atoms with Gasteiger partial charge in [0, 0.05) is 49.8 Å². The van der Waals surface area contributed by atoms with Gasteiger partial charge in [-0.25, -0.2) is 29.9 Å². The average Bonchev–Trinajstić information content (AvgIpc) is 1.59. The molecule has 4 amide bonds. The van der Waals surface area contributed by atoms with Crippen molar-refractivity contribution in [2.45, 2.75) is 44.6 Å². The van der Waals surface area contributed by atoms with Crippen molar-refractivity contribution in [3.05, 3.63) is 307 Å². The highest BCUT2D eigenvalue weighted by atomic mass is 35.5. The van der Waals surface area contributed by atoms with Gasteiger partial charge in [0.15, 0.2) is 11.6 Å². The lowest BCUT2D eigenvalue weighted by Crippen LogP contribution is -2.45. The number of carbonyl (C=O) groups is 6. The highest BCUT2D eigenvalue weighted by Crippen LogP contribution is 2.44. The second-order valence-electron chi connectivity index (χ2n) is 22.3. The molecule has 14 rings (SSSR count). The normalized spacial score (nSPS) is 17.8. The third kappa shape index (κ3) is 16.7. The Hall–Kier alpha value is -11.2. The number of nitrogen functional groups attached to an aromatic ring is 1. The van der Waals surface area contributed by atoms with Crippen LogP contribution in [0.5, 0.6) is 0 Å². The van der Waals surface area contributed by atoms with Crippen molar-refractivity contribution in [2.24, 2.45) is 11.7 Å². The molecule has 10 N–H and O–H groups in total. The zero-order chi connectivity index (χ0) is 72.2. The number of hydrogen-bond acceptors (Lipinski definition) is 18. The van der Waals surface area contributed by atoms with E-state index in [1.807, 2.05) is 25.1 Å². The molecule has 0 spiro atoms. The van der Waals surface area contributed by atoms with Crippen molar-refractivity contribution in [2.75, 3.05) is 16.4 Å². The van der Waals surface area contributed by atoms with Crippen molar-refractivity contribution >= 4 is 134 Å². The molecule has 9 heterocycles. The molecule has 1 fully saturated rings. The summed E-state index contributed by atoms with van der Waals surface area (Å²) in [5.41, 5.74) is 10.5. The summed E-state index contributed by atoms with van der Waals surface area (Å²) in [6, 6.07) is 42.1. The van der Waals surface area contributed by atoms with Gasteiger partial charge in [0.1, 0.15) is 81.2 Å². The van der Waals surface area contributed by atoms with Crippen LogP contribution in [-0.4, -0.2) is 79.2 Å². The number of nitrogens with one attached hydrogen (secondary N) is 6. The molecule has 1 aliphatic carbocycles. The fourth-order valence-corrected chi connectivity index (χ4v) is 11.7. The number of aromatic amines is 1. The number of anilines is 5. The number of ketones is 2. The lowest BCUT2D eigenvalue weighted by Gasteiger charge is -2.31. The van der Waals surface area contributed by atoms with Crippen LogP contribution >= 0.6 is 69.6 Å². The molecule has 31 heteroatoms. The van der Waals surface area contributed by atoms with Crippen molar-refractivity contribution in [3.8, 4) is 0 Å². The molecule has 100 heavy (non-hydrogen) atoms. The summed E-state index contributed by atoms with van der Waals surface area (Å²) in [7, 11) is 0. The zero-order valence-electron chi connectivity index (χ0n) is 52.8. The number of fused-ring (bicyclic) bond motifs is 3. The maximum atomic E-state index is 13.1. The molecule has 3 aliphatic heterocycles. The number of halogens is 6. The van der Waals surface area contributed by atoms with E-state index in [-0.39, 0.29) is 67.5 Å². The summed E-state index contributed by atoms with van der Waals surface area (Å²) in [6.45, 7) is 6.87. The number of amides is 4. The van der Waals surface area contributed by atoms with Gasteiger partial charge in [0.2, 0.25) is 5.91 Å². The van der Waals surface area contributed by atoms with Crippen LogP contribution in [0.1, 0.15) is 86.2 Å². The Kier molecular flexibility index (Phi) is 23.1. The van der Waals surface area contributed by atoms with E-state index in [0.717, 1.165) is 5.56 Å². The summed E-state index contributed by atoms with van der Waals surface area (Å²) >= 11 is 35.2. The van der Waals surface area contributed by atoms with Crippen LogP contribution in [0, 0.1) is 5.92 Å². The second-order valence-corrected chi connectivity index (χ2v) is 24.8. The minimum Gasteiger partial charge on any atom is -0.384 e. The molecular formula is C69H56Cl6N16O9. The smallest absolute Gasteiger partial charge is 0.277 e. The standard InChI is InChI=1S/2C18H14ClN5O2.C15H11Cl2NO2.C8H7ClO.C6H5ClN2O2.C4H5N3/c2*1-18(11-3-2-4-12(19)9-11)23-16(25)14-6-5-13(17(26)24(14)18)22-15-7-8-20-10-21-15;1-15(8-3-2-4-9(16)7-8)12-10(14(20)18-15)5-6-11(17)13(12)19;1-6(10)7-3-2-4-8(9)5-7;7-3-1-2-4(5(8)10)9-6(3)11;5-4-1-2-6-3-7-4/h2*2-10H,1H3,(H,23,25)(H,20,21,22);2-7,12H,1H3,(H,18,20);2-5H,1H3;1-2H,(H2,8,10)(H,9,11);1-3H,(H2,5,6,7). The van der Waals surface area contributed by atoms with Crippen LogP contribution in [0.2, 0.25) is 25.1 Å². The lowest BCUT2D eigenvalue weighted by molar-refractivity contribution is -0.119. The Bertz CT molecular complexity index is 4890. The summed E-state index contributed by atoms with van der Waals surface area (Å²) < 4.78 is 2.87. The Morgan fingerprint density at radius 1 is 0.520 bits per heavy atom. The fraction of sp³-hybridized carbons (Fsp3) is 0.116. The van der Waals surface area contributed by atoms with Gasteiger partial charge in [-0.15, -0.1) is 0 Å². The number of aromatic nitrogens is 9. The van der Waals surface area contributed by atoms with E-state index in [1.54, 1.807) is 160 Å². The molecule has 25 nitrogen and oxygen atoms in total. The van der Waals surface area contributed by atoms with Crippen LogP contribution in [0.3, 0.4) is 0 Å². The Morgan fingerprint density at radius 3 is 1.38 bits per heavy atom. The Labute approximate surface area is 598 Å². The Balaban J connectivity index is 0.000000148. The fourth-order valence-electron chi connectivity index (χ4n) is 10.6. The predicted molar refractivity (Wildman–Crippen MR) is 381 cm³/mol. The van der Waals surface area contributed by atoms with E-state index in [4.69, 9.17) is 81.1 Å². The van der Waals surface area contributed by atoms with Gasteiger partial charge in [-0.3, -0.25) is 52.3 Å². The topological polar surface area (TPSA) is 369 Å². The quantitative estimate of drug-likeness (QED) is 0.0622. The molecule has 0 saturated carbocycles. The summed E-state index contributed by atoms with van der Waals surface area (Å²) in [4.78, 5) is 133. The van der Waals surface area contributed by atoms with E-state index in [0.29, 0.717) is 71.2 Å². The molecule has 4 atom stereocenters. The van der Waals surface area contributed by atoms with Crippen LogP contribution in [0.4, 0.5) is 28.8 Å². The predicted octanol–water partition coefficient (Wildman–Crippen LogP) is 10.7. The van der Waals surface area contributed by atoms with Crippen molar-refractivity contribution < 1.29 is 28.8 Å². The van der Waals surface area contributed by atoms with E-state index in [1.165, 1.54) is 53.2 Å².